The van der Waals surface area contributed by atoms with Crippen LogP contribution in [0.2, 0.25) is 0 Å². The van der Waals surface area contributed by atoms with Gasteiger partial charge in [-0.15, -0.1) is 24.0 Å². The molecule has 0 aliphatic carbocycles. The van der Waals surface area contributed by atoms with Crippen LogP contribution >= 0.6 is 24.0 Å². The number of hydrogen-bond donors (Lipinski definition) is 1. The molecule has 1 heterocycles. The van der Waals surface area contributed by atoms with Crippen LogP contribution in [0.15, 0.2) is 29.3 Å². The van der Waals surface area contributed by atoms with Crippen LogP contribution in [0.25, 0.3) is 0 Å². The lowest BCUT2D eigenvalue weighted by Gasteiger charge is -2.39. The summed E-state index contributed by atoms with van der Waals surface area (Å²) in [4.78, 5) is 7.98. The second kappa shape index (κ2) is 11.0. The number of nitrogens with one attached hydrogen (secondary N) is 1. The minimum Gasteiger partial charge on any atom is -0.357 e. The lowest BCUT2D eigenvalue weighted by Crippen LogP contribution is -2.56. The number of benzene rings is 1. The fourth-order valence-corrected chi connectivity index (χ4v) is 2.94. The lowest BCUT2D eigenvalue weighted by molar-refractivity contribution is -0.181. The van der Waals surface area contributed by atoms with Gasteiger partial charge in [0.2, 0.25) is 0 Å². The molecule has 4 nitrogen and oxygen atoms in total. The minimum atomic E-state index is -4.20. The summed E-state index contributed by atoms with van der Waals surface area (Å²) in [7, 11) is 0. The van der Waals surface area contributed by atoms with Gasteiger partial charge in [0, 0.05) is 39.3 Å². The zero-order valence-corrected chi connectivity index (χ0v) is 17.9. The Morgan fingerprint density at radius 3 is 2.44 bits per heavy atom. The van der Waals surface area contributed by atoms with E-state index >= 15 is 0 Å². The second-order valence-electron chi connectivity index (χ2n) is 6.36. The van der Waals surface area contributed by atoms with Crippen LogP contribution in [0.3, 0.4) is 0 Å². The Bertz CT molecular complexity index is 601. The van der Waals surface area contributed by atoms with Gasteiger partial charge in [-0.2, -0.15) is 13.2 Å². The quantitative estimate of drug-likeness (QED) is 0.290. The van der Waals surface area contributed by atoms with E-state index in [0.29, 0.717) is 51.6 Å². The largest absolute Gasteiger partial charge is 0.403 e. The van der Waals surface area contributed by atoms with Gasteiger partial charge in [0.05, 0.1) is 0 Å². The molecule has 0 bridgehead atoms. The summed E-state index contributed by atoms with van der Waals surface area (Å²) < 4.78 is 51.8. The normalized spacial score (nSPS) is 17.4. The Morgan fingerprint density at radius 2 is 1.89 bits per heavy atom. The zero-order chi connectivity index (χ0) is 19.2. The maximum atomic E-state index is 13.2. The van der Waals surface area contributed by atoms with E-state index in [1.807, 2.05) is 17.9 Å². The van der Waals surface area contributed by atoms with Crippen molar-refractivity contribution in [3.8, 4) is 0 Å². The molecule has 0 radical (unpaired) electrons. The molecule has 9 heteroatoms. The van der Waals surface area contributed by atoms with E-state index in [0.717, 1.165) is 5.56 Å². The van der Waals surface area contributed by atoms with Gasteiger partial charge in [-0.3, -0.25) is 9.89 Å². The summed E-state index contributed by atoms with van der Waals surface area (Å²) in [5.41, 5.74) is 0.869. The standard InChI is InChI=1S/C18H26F4N4.HI/c1-3-23-17(24-8-7-15-5-4-6-16(19)13-15)26-11-9-25(10-12-26)14(2)18(20,21)22;/h4-6,13-14H,3,7-12H2,1-2H3,(H,23,24);1H. The monoisotopic (exact) mass is 502 g/mol. The van der Waals surface area contributed by atoms with E-state index in [1.54, 1.807) is 6.07 Å². The van der Waals surface area contributed by atoms with Crippen molar-refractivity contribution in [3.63, 3.8) is 0 Å². The van der Waals surface area contributed by atoms with Crippen LogP contribution < -0.4 is 5.32 Å². The van der Waals surface area contributed by atoms with E-state index in [9.17, 15) is 17.6 Å². The molecule has 1 atom stereocenters. The molecule has 0 aromatic heterocycles. The highest BCUT2D eigenvalue weighted by Gasteiger charge is 2.41. The van der Waals surface area contributed by atoms with E-state index < -0.39 is 12.2 Å². The maximum Gasteiger partial charge on any atom is 0.403 e. The van der Waals surface area contributed by atoms with Crippen LogP contribution in [-0.4, -0.2) is 67.2 Å². The molecular formula is C18H27F4IN4. The highest BCUT2D eigenvalue weighted by atomic mass is 127. The first-order chi connectivity index (χ1) is 12.3. The summed E-state index contributed by atoms with van der Waals surface area (Å²) in [6.45, 7) is 5.99. The molecule has 154 valence electrons. The van der Waals surface area contributed by atoms with E-state index in [4.69, 9.17) is 0 Å². The number of hydrogen-bond acceptors (Lipinski definition) is 2. The van der Waals surface area contributed by atoms with Crippen molar-refractivity contribution >= 4 is 29.9 Å². The fourth-order valence-electron chi connectivity index (χ4n) is 2.94. The Morgan fingerprint density at radius 1 is 1.22 bits per heavy atom. The van der Waals surface area contributed by atoms with E-state index in [2.05, 4.69) is 10.3 Å². The first-order valence-corrected chi connectivity index (χ1v) is 8.89. The number of aliphatic imine (C=N–C) groups is 1. The van der Waals surface area contributed by atoms with Crippen molar-refractivity contribution in [2.24, 2.45) is 4.99 Å². The molecule has 2 rings (SSSR count). The van der Waals surface area contributed by atoms with Crippen molar-refractivity contribution in [2.45, 2.75) is 32.5 Å². The third-order valence-corrected chi connectivity index (χ3v) is 4.52. The Balaban J connectivity index is 0.00000364. The molecular weight excluding hydrogens is 475 g/mol. The summed E-state index contributed by atoms with van der Waals surface area (Å²) in [6, 6.07) is 4.97. The number of guanidine groups is 1. The van der Waals surface area contributed by atoms with Crippen molar-refractivity contribution in [2.75, 3.05) is 39.3 Å². The smallest absolute Gasteiger partial charge is 0.357 e. The Hall–Kier alpha value is -1.10. The molecule has 1 aliphatic rings. The van der Waals surface area contributed by atoms with Gasteiger partial charge < -0.3 is 10.2 Å². The molecule has 27 heavy (non-hydrogen) atoms. The number of rotatable bonds is 5. The van der Waals surface area contributed by atoms with E-state index in [1.165, 1.54) is 24.0 Å². The number of piperazine rings is 1. The van der Waals surface area contributed by atoms with Gasteiger partial charge in [-0.05, 0) is 38.0 Å². The Labute approximate surface area is 175 Å². The summed E-state index contributed by atoms with van der Waals surface area (Å²) in [5, 5.41) is 3.19. The summed E-state index contributed by atoms with van der Waals surface area (Å²) >= 11 is 0. The maximum absolute atomic E-state index is 13.2. The predicted octanol–water partition coefficient (Wildman–Crippen LogP) is 3.52. The van der Waals surface area contributed by atoms with Crippen LogP contribution in [0.1, 0.15) is 19.4 Å². The molecule has 1 aromatic carbocycles. The fraction of sp³-hybridized carbons (Fsp3) is 0.611. The van der Waals surface area contributed by atoms with E-state index in [-0.39, 0.29) is 29.8 Å². The number of alkyl halides is 3. The predicted molar refractivity (Wildman–Crippen MR) is 110 cm³/mol. The molecule has 1 aromatic rings. The van der Waals surface area contributed by atoms with Gasteiger partial charge in [0.1, 0.15) is 11.9 Å². The molecule has 1 aliphatic heterocycles. The lowest BCUT2D eigenvalue weighted by atomic mass is 10.1. The van der Waals surface area contributed by atoms with Crippen LogP contribution in [-0.2, 0) is 6.42 Å². The van der Waals surface area contributed by atoms with Crippen molar-refractivity contribution < 1.29 is 17.6 Å². The summed E-state index contributed by atoms with van der Waals surface area (Å²) in [6.07, 6.45) is -3.59. The number of nitrogens with zero attached hydrogens (tertiary/aromatic N) is 3. The second-order valence-corrected chi connectivity index (χ2v) is 6.36. The zero-order valence-electron chi connectivity index (χ0n) is 15.6. The minimum absolute atomic E-state index is 0. The van der Waals surface area contributed by atoms with Crippen molar-refractivity contribution in [1.82, 2.24) is 15.1 Å². The Kier molecular flexibility index (Phi) is 9.78. The molecule has 1 N–H and O–H groups in total. The van der Waals surface area contributed by atoms with Gasteiger partial charge in [0.25, 0.3) is 0 Å². The highest BCUT2D eigenvalue weighted by molar-refractivity contribution is 14.0. The van der Waals surface area contributed by atoms with Gasteiger partial charge in [0.15, 0.2) is 5.96 Å². The van der Waals surface area contributed by atoms with Crippen LogP contribution in [0.4, 0.5) is 17.6 Å². The van der Waals surface area contributed by atoms with Gasteiger partial charge >= 0.3 is 6.18 Å². The SMILES string of the molecule is CCNC(=NCCc1cccc(F)c1)N1CCN(C(C)C(F)(F)F)CC1.I. The first-order valence-electron chi connectivity index (χ1n) is 8.89. The molecule has 1 fully saturated rings. The molecule has 0 spiro atoms. The average molecular weight is 502 g/mol. The number of halogens is 5. The van der Waals surface area contributed by atoms with Crippen LogP contribution in [0, 0.1) is 5.82 Å². The third kappa shape index (κ3) is 7.44. The topological polar surface area (TPSA) is 30.9 Å². The van der Waals surface area contributed by atoms with Crippen molar-refractivity contribution in [1.29, 1.82) is 0 Å². The molecule has 0 amide bonds. The average Bonchev–Trinajstić information content (AvgIpc) is 2.60. The van der Waals surface area contributed by atoms with Gasteiger partial charge in [-0.25, -0.2) is 4.39 Å². The molecule has 0 saturated carbocycles. The van der Waals surface area contributed by atoms with Gasteiger partial charge in [-0.1, -0.05) is 12.1 Å². The highest BCUT2D eigenvalue weighted by Crippen LogP contribution is 2.25. The van der Waals surface area contributed by atoms with Crippen molar-refractivity contribution in [3.05, 3.63) is 35.6 Å². The summed E-state index contributed by atoms with van der Waals surface area (Å²) in [5.74, 6) is 0.427. The third-order valence-electron chi connectivity index (χ3n) is 4.52. The molecule has 1 unspecified atom stereocenters. The first kappa shape index (κ1) is 23.9. The van der Waals surface area contributed by atoms with Crippen LogP contribution in [0.5, 0.6) is 0 Å². The molecule has 1 saturated heterocycles.